The Morgan fingerprint density at radius 3 is 2.80 bits per heavy atom. The summed E-state index contributed by atoms with van der Waals surface area (Å²) >= 11 is 1.64. The monoisotopic (exact) mass is 355 g/mol. The van der Waals surface area contributed by atoms with Gasteiger partial charge in [-0.2, -0.15) is 5.10 Å². The molecule has 0 amide bonds. The number of nitrogens with zero attached hydrogens (tertiary/aromatic N) is 5. The number of aromatic nitrogens is 4. The Bertz CT molecular complexity index is 822. The maximum atomic E-state index is 4.67. The van der Waals surface area contributed by atoms with E-state index in [2.05, 4.69) is 48.2 Å². The van der Waals surface area contributed by atoms with Crippen molar-refractivity contribution in [3.8, 4) is 10.6 Å². The zero-order chi connectivity index (χ0) is 17.5. The fourth-order valence-electron chi connectivity index (χ4n) is 2.24. The summed E-state index contributed by atoms with van der Waals surface area (Å²) < 4.78 is 1.74. The number of nitrogens with one attached hydrogen (secondary N) is 2. The molecule has 0 aliphatic heterocycles. The lowest BCUT2D eigenvalue weighted by molar-refractivity contribution is 0.673. The predicted molar refractivity (Wildman–Crippen MR) is 100 cm³/mol. The molecule has 1 aromatic carbocycles. The summed E-state index contributed by atoms with van der Waals surface area (Å²) in [5.41, 5.74) is 2.09. The largest absolute Gasteiger partial charge is 0.357 e. The second-order valence-electron chi connectivity index (χ2n) is 5.36. The van der Waals surface area contributed by atoms with Crippen molar-refractivity contribution in [1.29, 1.82) is 0 Å². The Kier molecular flexibility index (Phi) is 5.73. The van der Waals surface area contributed by atoms with Gasteiger partial charge in [0.25, 0.3) is 0 Å². The fourth-order valence-corrected chi connectivity index (χ4v) is 3.05. The predicted octanol–water partition coefficient (Wildman–Crippen LogP) is 2.19. The Morgan fingerprint density at radius 2 is 2.08 bits per heavy atom. The van der Waals surface area contributed by atoms with Crippen molar-refractivity contribution in [3.63, 3.8) is 0 Å². The van der Waals surface area contributed by atoms with Crippen molar-refractivity contribution in [2.75, 3.05) is 6.54 Å². The molecule has 0 fully saturated rings. The van der Waals surface area contributed by atoms with E-state index in [4.69, 9.17) is 0 Å². The molecule has 2 N–H and O–H groups in total. The van der Waals surface area contributed by atoms with Crippen molar-refractivity contribution < 1.29 is 0 Å². The van der Waals surface area contributed by atoms with Gasteiger partial charge in [-0.05, 0) is 6.92 Å². The first-order valence-corrected chi connectivity index (χ1v) is 8.99. The number of hydrogen-bond donors (Lipinski definition) is 2. The first-order chi connectivity index (χ1) is 12.3. The van der Waals surface area contributed by atoms with Gasteiger partial charge < -0.3 is 10.6 Å². The number of hydrogen-bond acceptors (Lipinski definition) is 5. The minimum atomic E-state index is 0.525. The molecule has 0 saturated heterocycles. The molecule has 8 heteroatoms. The summed E-state index contributed by atoms with van der Waals surface area (Å²) in [5, 5.41) is 13.6. The molecule has 0 aliphatic carbocycles. The Labute approximate surface area is 150 Å². The van der Waals surface area contributed by atoms with Crippen LogP contribution >= 0.6 is 11.3 Å². The van der Waals surface area contributed by atoms with Gasteiger partial charge >= 0.3 is 0 Å². The van der Waals surface area contributed by atoms with Gasteiger partial charge in [-0.3, -0.25) is 4.68 Å². The van der Waals surface area contributed by atoms with E-state index in [1.54, 1.807) is 22.3 Å². The van der Waals surface area contributed by atoms with Crippen LogP contribution in [0.5, 0.6) is 0 Å². The third kappa shape index (κ3) is 4.63. The van der Waals surface area contributed by atoms with E-state index in [9.17, 15) is 0 Å². The molecular weight excluding hydrogens is 334 g/mol. The summed E-state index contributed by atoms with van der Waals surface area (Å²) in [6, 6.07) is 10.2. The topological polar surface area (TPSA) is 80.0 Å². The highest BCUT2D eigenvalue weighted by Gasteiger charge is 2.06. The standard InChI is InChI=1S/C17H21N7S/c1-3-18-17(20-10-15-21-12-22-24(15)2)19-9-14-11-25-16(23-14)13-7-5-4-6-8-13/h4-8,11-12H,3,9-10H2,1-2H3,(H2,18,19,20). The maximum absolute atomic E-state index is 4.67. The van der Waals surface area contributed by atoms with Gasteiger partial charge in [0.1, 0.15) is 17.2 Å². The molecule has 2 heterocycles. The van der Waals surface area contributed by atoms with E-state index >= 15 is 0 Å². The highest BCUT2D eigenvalue weighted by atomic mass is 32.1. The van der Waals surface area contributed by atoms with Gasteiger partial charge in [0, 0.05) is 24.5 Å². The van der Waals surface area contributed by atoms with Gasteiger partial charge in [0.15, 0.2) is 5.96 Å². The van der Waals surface area contributed by atoms with Crippen LogP contribution in [0.15, 0.2) is 47.0 Å². The molecule has 3 aromatic rings. The first-order valence-electron chi connectivity index (χ1n) is 8.11. The zero-order valence-electron chi connectivity index (χ0n) is 14.3. The van der Waals surface area contributed by atoms with Crippen LogP contribution in [0.1, 0.15) is 18.4 Å². The molecule has 2 aromatic heterocycles. The third-order valence-corrected chi connectivity index (χ3v) is 4.48. The van der Waals surface area contributed by atoms with Crippen LogP contribution in [-0.2, 0) is 20.1 Å². The number of aryl methyl sites for hydroxylation is 1. The second kappa shape index (κ2) is 8.39. The number of guanidine groups is 1. The highest BCUT2D eigenvalue weighted by molar-refractivity contribution is 7.13. The Balaban J connectivity index is 1.63. The summed E-state index contributed by atoms with van der Waals surface area (Å²) in [6.45, 7) is 3.92. The fraction of sp³-hybridized carbons (Fsp3) is 0.294. The minimum absolute atomic E-state index is 0.525. The lowest BCUT2D eigenvalue weighted by atomic mass is 10.2. The van der Waals surface area contributed by atoms with Crippen LogP contribution in [0.4, 0.5) is 0 Å². The lowest BCUT2D eigenvalue weighted by Crippen LogP contribution is -2.37. The van der Waals surface area contributed by atoms with Crippen LogP contribution in [-0.4, -0.2) is 32.3 Å². The molecule has 130 valence electrons. The molecule has 0 aliphatic rings. The average Bonchev–Trinajstić information content (AvgIpc) is 3.27. The Morgan fingerprint density at radius 1 is 1.24 bits per heavy atom. The van der Waals surface area contributed by atoms with E-state index < -0.39 is 0 Å². The number of benzene rings is 1. The van der Waals surface area contributed by atoms with Gasteiger partial charge in [-0.1, -0.05) is 30.3 Å². The lowest BCUT2D eigenvalue weighted by Gasteiger charge is -2.10. The molecule has 0 saturated carbocycles. The van der Waals surface area contributed by atoms with Crippen LogP contribution < -0.4 is 10.6 Å². The van der Waals surface area contributed by atoms with Crippen LogP contribution in [0.3, 0.4) is 0 Å². The van der Waals surface area contributed by atoms with E-state index in [1.807, 2.05) is 32.2 Å². The maximum Gasteiger partial charge on any atom is 0.192 e. The molecule has 0 bridgehead atoms. The molecule has 0 atom stereocenters. The zero-order valence-corrected chi connectivity index (χ0v) is 15.1. The molecule has 0 radical (unpaired) electrons. The first kappa shape index (κ1) is 17.1. The smallest absolute Gasteiger partial charge is 0.192 e. The summed E-state index contributed by atoms with van der Waals surface area (Å²) in [7, 11) is 1.87. The highest BCUT2D eigenvalue weighted by Crippen LogP contribution is 2.23. The van der Waals surface area contributed by atoms with Gasteiger partial charge in [-0.15, -0.1) is 11.3 Å². The minimum Gasteiger partial charge on any atom is -0.357 e. The SMILES string of the molecule is CCNC(=NCc1csc(-c2ccccc2)n1)NCc1ncnn1C. The summed E-state index contributed by atoms with van der Waals surface area (Å²) in [5.74, 6) is 1.59. The van der Waals surface area contributed by atoms with Crippen LogP contribution in [0.2, 0.25) is 0 Å². The van der Waals surface area contributed by atoms with E-state index in [0.29, 0.717) is 13.1 Å². The molecule has 25 heavy (non-hydrogen) atoms. The van der Waals surface area contributed by atoms with Crippen molar-refractivity contribution >= 4 is 17.3 Å². The number of thiazole rings is 1. The van der Waals surface area contributed by atoms with Crippen molar-refractivity contribution in [3.05, 3.63) is 53.6 Å². The molecule has 0 unspecified atom stereocenters. The molecular formula is C17H21N7S. The second-order valence-corrected chi connectivity index (χ2v) is 6.22. The van der Waals surface area contributed by atoms with Crippen molar-refractivity contribution in [2.24, 2.45) is 12.0 Å². The van der Waals surface area contributed by atoms with Crippen LogP contribution in [0, 0.1) is 0 Å². The number of rotatable bonds is 6. The van der Waals surface area contributed by atoms with E-state index in [1.165, 1.54) is 0 Å². The van der Waals surface area contributed by atoms with Gasteiger partial charge in [0.05, 0.1) is 18.8 Å². The summed E-state index contributed by atoms with van der Waals surface area (Å²) in [6.07, 6.45) is 1.54. The average molecular weight is 355 g/mol. The quantitative estimate of drug-likeness (QED) is 0.523. The van der Waals surface area contributed by atoms with Gasteiger partial charge in [-0.25, -0.2) is 15.0 Å². The van der Waals surface area contributed by atoms with E-state index in [-0.39, 0.29) is 0 Å². The van der Waals surface area contributed by atoms with E-state index in [0.717, 1.165) is 34.6 Å². The number of aliphatic imine (C=N–C) groups is 1. The molecule has 0 spiro atoms. The summed E-state index contributed by atoms with van der Waals surface area (Å²) in [4.78, 5) is 13.5. The molecule has 7 nitrogen and oxygen atoms in total. The third-order valence-electron chi connectivity index (χ3n) is 3.53. The normalized spacial score (nSPS) is 11.5. The Hall–Kier alpha value is -2.74. The van der Waals surface area contributed by atoms with Crippen molar-refractivity contribution in [1.82, 2.24) is 30.4 Å². The molecule has 3 rings (SSSR count). The van der Waals surface area contributed by atoms with Crippen LogP contribution in [0.25, 0.3) is 10.6 Å². The van der Waals surface area contributed by atoms with Crippen molar-refractivity contribution in [2.45, 2.75) is 20.0 Å². The van der Waals surface area contributed by atoms with Gasteiger partial charge in [0.2, 0.25) is 0 Å².